The van der Waals surface area contributed by atoms with Gasteiger partial charge < -0.3 is 14.6 Å². The van der Waals surface area contributed by atoms with Crippen LogP contribution in [0.3, 0.4) is 0 Å². The van der Waals surface area contributed by atoms with Crippen molar-refractivity contribution in [2.75, 3.05) is 11.5 Å². The molecule has 3 aromatic carbocycles. The number of aryl methyl sites for hydroxylation is 2. The van der Waals surface area contributed by atoms with Gasteiger partial charge in [0.05, 0.1) is 23.9 Å². The predicted molar refractivity (Wildman–Crippen MR) is 156 cm³/mol. The van der Waals surface area contributed by atoms with Crippen molar-refractivity contribution in [1.82, 2.24) is 4.98 Å². The van der Waals surface area contributed by atoms with Gasteiger partial charge in [0.1, 0.15) is 23.0 Å². The van der Waals surface area contributed by atoms with Gasteiger partial charge in [-0.1, -0.05) is 71.5 Å². The molecule has 1 aliphatic rings. The third-order valence-corrected chi connectivity index (χ3v) is 7.76. The molecule has 2 heterocycles. The molecule has 5 rings (SSSR count). The highest BCUT2D eigenvalue weighted by Crippen LogP contribution is 2.44. The number of thiazole rings is 1. The lowest BCUT2D eigenvalue weighted by molar-refractivity contribution is -0.132. The number of aromatic nitrogens is 1. The van der Waals surface area contributed by atoms with E-state index in [4.69, 9.17) is 9.47 Å². The van der Waals surface area contributed by atoms with Crippen LogP contribution in [0.25, 0.3) is 5.76 Å². The molecule has 208 valence electrons. The average Bonchev–Trinajstić information content (AvgIpc) is 3.48. The molecule has 0 spiro atoms. The molecule has 41 heavy (non-hydrogen) atoms. The van der Waals surface area contributed by atoms with Gasteiger partial charge in [0.2, 0.25) is 0 Å². The first-order valence-electron chi connectivity index (χ1n) is 13.1. The van der Waals surface area contributed by atoms with Gasteiger partial charge in [-0.2, -0.15) is 0 Å². The summed E-state index contributed by atoms with van der Waals surface area (Å²) in [6.07, 6.45) is 0. The molecule has 0 radical (unpaired) electrons. The first-order valence-corrected chi connectivity index (χ1v) is 13.9. The van der Waals surface area contributed by atoms with E-state index in [-0.39, 0.29) is 27.9 Å². The minimum Gasteiger partial charge on any atom is -0.507 e. The molecule has 9 heteroatoms. The zero-order valence-electron chi connectivity index (χ0n) is 22.8. The summed E-state index contributed by atoms with van der Waals surface area (Å²) in [6.45, 7) is 5.93. The van der Waals surface area contributed by atoms with Gasteiger partial charge in [-0.3, -0.25) is 14.5 Å². The Kier molecular flexibility index (Phi) is 7.98. The topological polar surface area (TPSA) is 106 Å². The number of aliphatic hydroxyl groups excluding tert-OH is 1. The van der Waals surface area contributed by atoms with Gasteiger partial charge in [0.25, 0.3) is 5.78 Å². The van der Waals surface area contributed by atoms with Gasteiger partial charge in [-0.15, -0.1) is 0 Å². The zero-order chi connectivity index (χ0) is 29.1. The second-order valence-electron chi connectivity index (χ2n) is 9.51. The molecule has 0 saturated carbocycles. The Bertz CT molecular complexity index is 1640. The Morgan fingerprint density at radius 1 is 1.00 bits per heavy atom. The highest BCUT2D eigenvalue weighted by atomic mass is 32.1. The van der Waals surface area contributed by atoms with E-state index in [0.29, 0.717) is 29.2 Å². The fourth-order valence-corrected chi connectivity index (χ4v) is 5.67. The number of ether oxygens (including phenoxy) is 2. The van der Waals surface area contributed by atoms with Gasteiger partial charge in [0.15, 0.2) is 5.13 Å². The standard InChI is InChI=1S/C32H28N2O6S/c1-4-39-31(38)29-20(3)33-32(41-29)34-26(22-11-6-5-7-12-22)25(28(36)30(34)37)27(35)23-13-15-24(16-14-23)40-18-21-10-8-9-19(2)17-21/h5-17,26,35H,4,18H2,1-3H3/b27-25+. The van der Waals surface area contributed by atoms with Crippen LogP contribution >= 0.6 is 11.3 Å². The van der Waals surface area contributed by atoms with Crippen LogP contribution in [0.5, 0.6) is 5.75 Å². The summed E-state index contributed by atoms with van der Waals surface area (Å²) in [6, 6.07) is 22.7. The van der Waals surface area contributed by atoms with Gasteiger partial charge >= 0.3 is 11.9 Å². The number of amides is 1. The maximum Gasteiger partial charge on any atom is 0.350 e. The van der Waals surface area contributed by atoms with E-state index >= 15 is 0 Å². The van der Waals surface area contributed by atoms with Crippen LogP contribution < -0.4 is 9.64 Å². The van der Waals surface area contributed by atoms with Crippen molar-refractivity contribution < 1.29 is 29.0 Å². The molecule has 1 aliphatic heterocycles. The molecule has 1 amide bonds. The van der Waals surface area contributed by atoms with Crippen molar-refractivity contribution in [3.8, 4) is 5.75 Å². The van der Waals surface area contributed by atoms with Gasteiger partial charge in [0, 0.05) is 5.56 Å². The molecule has 4 aromatic rings. The fourth-order valence-electron chi connectivity index (χ4n) is 4.68. The summed E-state index contributed by atoms with van der Waals surface area (Å²) in [5.74, 6) is -1.97. The number of ketones is 1. The molecule has 1 atom stereocenters. The Morgan fingerprint density at radius 3 is 2.41 bits per heavy atom. The van der Waals surface area contributed by atoms with E-state index in [1.54, 1.807) is 62.4 Å². The van der Waals surface area contributed by atoms with Crippen LogP contribution in [0.15, 0.2) is 84.4 Å². The van der Waals surface area contributed by atoms with Crippen molar-refractivity contribution >= 4 is 39.9 Å². The SMILES string of the molecule is CCOC(=O)c1sc(N2C(=O)C(=O)/C(=C(/O)c3ccc(OCc4cccc(C)c4)cc3)C2c2ccccc2)nc1C. The summed E-state index contributed by atoms with van der Waals surface area (Å²) in [7, 11) is 0. The van der Waals surface area contributed by atoms with Gasteiger partial charge in [-0.05, 0) is 56.2 Å². The quantitative estimate of drug-likeness (QED) is 0.118. The van der Waals surface area contributed by atoms with Crippen LogP contribution in [0.1, 0.15) is 50.6 Å². The molecule has 1 N–H and O–H groups in total. The minimum atomic E-state index is -0.950. The van der Waals surface area contributed by atoms with Crippen LogP contribution in [0.4, 0.5) is 5.13 Å². The van der Waals surface area contributed by atoms with E-state index in [1.165, 1.54) is 4.90 Å². The van der Waals surface area contributed by atoms with Crippen LogP contribution in [-0.2, 0) is 20.9 Å². The molecule has 0 bridgehead atoms. The largest absolute Gasteiger partial charge is 0.507 e. The first-order chi connectivity index (χ1) is 19.8. The Morgan fingerprint density at radius 2 is 1.73 bits per heavy atom. The highest BCUT2D eigenvalue weighted by Gasteiger charge is 2.48. The third kappa shape index (κ3) is 5.62. The number of benzene rings is 3. The van der Waals surface area contributed by atoms with E-state index in [2.05, 4.69) is 4.98 Å². The van der Waals surface area contributed by atoms with Crippen molar-refractivity contribution in [2.45, 2.75) is 33.4 Å². The van der Waals surface area contributed by atoms with E-state index in [1.807, 2.05) is 37.3 Å². The summed E-state index contributed by atoms with van der Waals surface area (Å²) in [4.78, 5) is 45.2. The third-order valence-electron chi connectivity index (χ3n) is 6.63. The monoisotopic (exact) mass is 568 g/mol. The lowest BCUT2D eigenvalue weighted by atomic mass is 9.95. The number of aliphatic hydroxyl groups is 1. The second-order valence-corrected chi connectivity index (χ2v) is 10.5. The number of nitrogens with zero attached hydrogens (tertiary/aromatic N) is 2. The Labute approximate surface area is 241 Å². The van der Waals surface area contributed by atoms with Crippen LogP contribution in [0.2, 0.25) is 0 Å². The number of esters is 1. The molecule has 1 aromatic heterocycles. The number of Topliss-reactive ketones (excluding diaryl/α,β-unsaturated/α-hetero) is 1. The highest BCUT2D eigenvalue weighted by molar-refractivity contribution is 7.17. The molecule has 8 nitrogen and oxygen atoms in total. The summed E-state index contributed by atoms with van der Waals surface area (Å²) >= 11 is 0.971. The Hall–Kier alpha value is -4.76. The van der Waals surface area contributed by atoms with Crippen LogP contribution in [0, 0.1) is 13.8 Å². The molecular weight excluding hydrogens is 540 g/mol. The lowest BCUT2D eigenvalue weighted by Crippen LogP contribution is -2.29. The van der Waals surface area contributed by atoms with Gasteiger partial charge in [-0.25, -0.2) is 9.78 Å². The first kappa shape index (κ1) is 27.8. The molecule has 0 aliphatic carbocycles. The molecular formula is C32H28N2O6S. The second kappa shape index (κ2) is 11.8. The number of carbonyl (C=O) groups is 3. The summed E-state index contributed by atoms with van der Waals surface area (Å²) in [5, 5.41) is 11.6. The smallest absolute Gasteiger partial charge is 0.350 e. The average molecular weight is 569 g/mol. The predicted octanol–water partition coefficient (Wildman–Crippen LogP) is 6.14. The van der Waals surface area contributed by atoms with Crippen molar-refractivity contribution in [3.05, 3.63) is 117 Å². The molecule has 1 fully saturated rings. The number of hydrogen-bond donors (Lipinski definition) is 1. The maximum atomic E-state index is 13.4. The maximum absolute atomic E-state index is 13.4. The zero-order valence-corrected chi connectivity index (χ0v) is 23.6. The summed E-state index contributed by atoms with van der Waals surface area (Å²) < 4.78 is 11.0. The minimum absolute atomic E-state index is 0.0693. The van der Waals surface area contributed by atoms with Crippen molar-refractivity contribution in [3.63, 3.8) is 0 Å². The number of hydrogen-bond acceptors (Lipinski definition) is 8. The normalized spacial score (nSPS) is 16.2. The number of carbonyl (C=O) groups excluding carboxylic acids is 3. The lowest BCUT2D eigenvalue weighted by Gasteiger charge is -2.23. The summed E-state index contributed by atoms with van der Waals surface area (Å²) in [5.41, 5.74) is 3.45. The van der Waals surface area contributed by atoms with E-state index in [0.717, 1.165) is 22.5 Å². The van der Waals surface area contributed by atoms with Crippen molar-refractivity contribution in [2.24, 2.45) is 0 Å². The number of anilines is 1. The molecule has 1 unspecified atom stereocenters. The Balaban J connectivity index is 1.50. The van der Waals surface area contributed by atoms with E-state index in [9.17, 15) is 19.5 Å². The number of rotatable bonds is 8. The van der Waals surface area contributed by atoms with E-state index < -0.39 is 23.7 Å². The molecule has 1 saturated heterocycles. The van der Waals surface area contributed by atoms with Crippen molar-refractivity contribution in [1.29, 1.82) is 0 Å². The van der Waals surface area contributed by atoms with Crippen LogP contribution in [-0.4, -0.2) is 34.4 Å². The fraction of sp³-hybridized carbons (Fsp3) is 0.188.